The molecule has 1 fully saturated rings. The van der Waals surface area contributed by atoms with Crippen LogP contribution in [0.4, 0.5) is 5.69 Å². The van der Waals surface area contributed by atoms with E-state index in [1.54, 1.807) is 18.2 Å². The zero-order valence-corrected chi connectivity index (χ0v) is 10.9. The lowest BCUT2D eigenvalue weighted by molar-refractivity contribution is 0.105. The number of anilines is 1. The van der Waals surface area contributed by atoms with E-state index in [-0.39, 0.29) is 16.7 Å². The van der Waals surface area contributed by atoms with Crippen LogP contribution in [-0.2, 0) is 14.8 Å². The fourth-order valence-corrected chi connectivity index (χ4v) is 3.21. The van der Waals surface area contributed by atoms with Crippen LogP contribution in [0.25, 0.3) is 0 Å². The summed E-state index contributed by atoms with van der Waals surface area (Å²) >= 11 is 0. The molecule has 1 unspecified atom stereocenters. The quantitative estimate of drug-likeness (QED) is 0.785. The van der Waals surface area contributed by atoms with Crippen molar-refractivity contribution >= 4 is 15.7 Å². The number of nitrogens with one attached hydrogen (secondary N) is 1. The standard InChI is InChI=1S/C12H18N2O3S/c13-11-5-1-2-6-12(11)18(15,16)14-8-7-10-4-3-9-17-10/h1-2,5-6,10,14H,3-4,7-9,13H2. The maximum absolute atomic E-state index is 12.0. The van der Waals surface area contributed by atoms with E-state index in [0.29, 0.717) is 13.0 Å². The van der Waals surface area contributed by atoms with Gasteiger partial charge in [0.2, 0.25) is 10.0 Å². The van der Waals surface area contributed by atoms with Crippen LogP contribution < -0.4 is 10.5 Å². The number of benzene rings is 1. The number of rotatable bonds is 5. The molecule has 0 aromatic heterocycles. The second-order valence-electron chi connectivity index (χ2n) is 4.36. The maximum atomic E-state index is 12.0. The average molecular weight is 270 g/mol. The average Bonchev–Trinajstić information content (AvgIpc) is 2.82. The van der Waals surface area contributed by atoms with Crippen molar-refractivity contribution in [3.63, 3.8) is 0 Å². The third kappa shape index (κ3) is 3.22. The number of nitrogen functional groups attached to an aromatic ring is 1. The van der Waals surface area contributed by atoms with Crippen molar-refractivity contribution in [2.75, 3.05) is 18.9 Å². The second-order valence-corrected chi connectivity index (χ2v) is 6.09. The van der Waals surface area contributed by atoms with Crippen LogP contribution in [0.3, 0.4) is 0 Å². The van der Waals surface area contributed by atoms with Crippen molar-refractivity contribution in [3.8, 4) is 0 Å². The predicted octanol–water partition coefficient (Wildman–Crippen LogP) is 1.12. The lowest BCUT2D eigenvalue weighted by Gasteiger charge is -2.11. The Labute approximate surface area is 107 Å². The molecule has 1 aromatic rings. The van der Waals surface area contributed by atoms with Gasteiger partial charge in [-0.05, 0) is 31.4 Å². The summed E-state index contributed by atoms with van der Waals surface area (Å²) in [6.07, 6.45) is 2.95. The minimum absolute atomic E-state index is 0.136. The van der Waals surface area contributed by atoms with Crippen LogP contribution >= 0.6 is 0 Å². The van der Waals surface area contributed by atoms with E-state index < -0.39 is 10.0 Å². The molecule has 1 aliphatic rings. The van der Waals surface area contributed by atoms with Crippen molar-refractivity contribution < 1.29 is 13.2 Å². The fourth-order valence-electron chi connectivity index (χ4n) is 2.03. The van der Waals surface area contributed by atoms with Gasteiger partial charge >= 0.3 is 0 Å². The summed E-state index contributed by atoms with van der Waals surface area (Å²) < 4.78 is 32.0. The molecule has 6 heteroatoms. The Hall–Kier alpha value is -1.11. The molecular weight excluding hydrogens is 252 g/mol. The highest BCUT2D eigenvalue weighted by molar-refractivity contribution is 7.89. The normalized spacial score (nSPS) is 20.1. The minimum Gasteiger partial charge on any atom is -0.398 e. The summed E-state index contributed by atoms with van der Waals surface area (Å²) in [6.45, 7) is 1.16. The first-order valence-corrected chi connectivity index (χ1v) is 7.54. The molecule has 1 aromatic carbocycles. The Morgan fingerprint density at radius 1 is 1.39 bits per heavy atom. The number of ether oxygens (including phenoxy) is 1. The van der Waals surface area contributed by atoms with Crippen molar-refractivity contribution in [1.82, 2.24) is 4.72 Å². The van der Waals surface area contributed by atoms with Gasteiger partial charge in [-0.25, -0.2) is 13.1 Å². The molecule has 0 saturated carbocycles. The van der Waals surface area contributed by atoms with Crippen LogP contribution in [0.1, 0.15) is 19.3 Å². The van der Waals surface area contributed by atoms with Gasteiger partial charge in [0.15, 0.2) is 0 Å². The van der Waals surface area contributed by atoms with Crippen LogP contribution in [0.15, 0.2) is 29.2 Å². The lowest BCUT2D eigenvalue weighted by atomic mass is 10.2. The molecule has 0 amide bonds. The number of hydrogen-bond acceptors (Lipinski definition) is 4. The van der Waals surface area contributed by atoms with Crippen molar-refractivity contribution in [2.24, 2.45) is 0 Å². The number of sulfonamides is 1. The van der Waals surface area contributed by atoms with E-state index in [1.807, 2.05) is 0 Å². The lowest BCUT2D eigenvalue weighted by Crippen LogP contribution is -2.27. The van der Waals surface area contributed by atoms with Gasteiger partial charge in [0.25, 0.3) is 0 Å². The van der Waals surface area contributed by atoms with Gasteiger partial charge in [0, 0.05) is 13.2 Å². The van der Waals surface area contributed by atoms with E-state index in [2.05, 4.69) is 4.72 Å². The number of nitrogens with two attached hydrogens (primary N) is 1. The molecule has 1 atom stereocenters. The van der Waals surface area contributed by atoms with Crippen molar-refractivity contribution in [1.29, 1.82) is 0 Å². The zero-order chi connectivity index (χ0) is 13.0. The van der Waals surface area contributed by atoms with Crippen molar-refractivity contribution in [2.45, 2.75) is 30.3 Å². The molecule has 2 rings (SSSR count). The highest BCUT2D eigenvalue weighted by Crippen LogP contribution is 2.18. The first-order valence-electron chi connectivity index (χ1n) is 6.05. The van der Waals surface area contributed by atoms with Gasteiger partial charge in [0.1, 0.15) is 4.90 Å². The fraction of sp³-hybridized carbons (Fsp3) is 0.500. The molecular formula is C12H18N2O3S. The third-order valence-electron chi connectivity index (χ3n) is 2.99. The van der Waals surface area contributed by atoms with Gasteiger partial charge in [0.05, 0.1) is 11.8 Å². The monoisotopic (exact) mass is 270 g/mol. The number of hydrogen-bond donors (Lipinski definition) is 2. The molecule has 1 heterocycles. The summed E-state index contributed by atoms with van der Waals surface area (Å²) in [7, 11) is -3.51. The van der Waals surface area contributed by atoms with E-state index in [4.69, 9.17) is 10.5 Å². The SMILES string of the molecule is Nc1ccccc1S(=O)(=O)NCCC1CCCO1. The van der Waals surface area contributed by atoms with Crippen LogP contribution in [0.5, 0.6) is 0 Å². The van der Waals surface area contributed by atoms with Gasteiger partial charge in [-0.1, -0.05) is 12.1 Å². The Balaban J connectivity index is 1.93. The van der Waals surface area contributed by atoms with E-state index >= 15 is 0 Å². The largest absolute Gasteiger partial charge is 0.398 e. The number of para-hydroxylation sites is 1. The topological polar surface area (TPSA) is 81.4 Å². The van der Waals surface area contributed by atoms with E-state index in [1.165, 1.54) is 6.07 Å². The summed E-state index contributed by atoms with van der Waals surface area (Å²) in [4.78, 5) is 0.136. The Kier molecular flexibility index (Phi) is 4.21. The molecule has 0 aliphatic carbocycles. The first-order chi connectivity index (χ1) is 8.59. The molecule has 3 N–H and O–H groups in total. The minimum atomic E-state index is -3.51. The molecule has 0 bridgehead atoms. The van der Waals surface area contributed by atoms with Crippen molar-refractivity contribution in [3.05, 3.63) is 24.3 Å². The Bertz CT molecular complexity index is 496. The van der Waals surface area contributed by atoms with Gasteiger partial charge in [-0.3, -0.25) is 0 Å². The van der Waals surface area contributed by atoms with E-state index in [9.17, 15) is 8.42 Å². The van der Waals surface area contributed by atoms with Crippen LogP contribution in [-0.4, -0.2) is 27.7 Å². The van der Waals surface area contributed by atoms with E-state index in [0.717, 1.165) is 19.4 Å². The molecule has 0 radical (unpaired) electrons. The van der Waals surface area contributed by atoms with Gasteiger partial charge in [-0.15, -0.1) is 0 Å². The highest BCUT2D eigenvalue weighted by Gasteiger charge is 2.19. The summed E-state index contributed by atoms with van der Waals surface area (Å²) in [5, 5.41) is 0. The summed E-state index contributed by atoms with van der Waals surface area (Å²) in [5.74, 6) is 0. The molecule has 1 saturated heterocycles. The van der Waals surface area contributed by atoms with Crippen LogP contribution in [0, 0.1) is 0 Å². The molecule has 100 valence electrons. The van der Waals surface area contributed by atoms with Crippen LogP contribution in [0.2, 0.25) is 0 Å². The van der Waals surface area contributed by atoms with Gasteiger partial charge < -0.3 is 10.5 Å². The summed E-state index contributed by atoms with van der Waals surface area (Å²) in [6, 6.07) is 6.45. The van der Waals surface area contributed by atoms with Gasteiger partial charge in [-0.2, -0.15) is 0 Å². The first kappa shape index (κ1) is 13.3. The zero-order valence-electron chi connectivity index (χ0n) is 10.1. The second kappa shape index (κ2) is 5.69. The molecule has 5 nitrogen and oxygen atoms in total. The summed E-state index contributed by atoms with van der Waals surface area (Å²) in [5.41, 5.74) is 5.92. The predicted molar refractivity (Wildman–Crippen MR) is 69.6 cm³/mol. The molecule has 18 heavy (non-hydrogen) atoms. The smallest absolute Gasteiger partial charge is 0.242 e. The third-order valence-corrected chi connectivity index (χ3v) is 4.53. The Morgan fingerprint density at radius 3 is 2.83 bits per heavy atom. The Morgan fingerprint density at radius 2 is 2.17 bits per heavy atom. The highest BCUT2D eigenvalue weighted by atomic mass is 32.2. The molecule has 1 aliphatic heterocycles. The maximum Gasteiger partial charge on any atom is 0.242 e. The molecule has 0 spiro atoms.